The minimum Gasteiger partial charge on any atom is -1.00 e. The van der Waals surface area contributed by atoms with E-state index in [2.05, 4.69) is 27.7 Å². The Labute approximate surface area is 133 Å². The Balaban J connectivity index is -0.000000980. The molecule has 17 heavy (non-hydrogen) atoms. The van der Waals surface area contributed by atoms with Crippen LogP contribution in [-0.4, -0.2) is 37.0 Å². The molecule has 0 aliphatic rings. The summed E-state index contributed by atoms with van der Waals surface area (Å²) in [4.78, 5) is 0. The van der Waals surface area contributed by atoms with Gasteiger partial charge < -0.3 is 34.0 Å². The zero-order valence-corrected chi connectivity index (χ0v) is 17.3. The lowest BCUT2D eigenvalue weighted by Crippen LogP contribution is -3.00. The van der Waals surface area contributed by atoms with E-state index in [1.807, 2.05) is 0 Å². The Kier molecular flexibility index (Phi) is 25.0. The molecule has 0 spiro atoms. The highest BCUT2D eigenvalue weighted by Gasteiger charge is 2.11. The predicted molar refractivity (Wildman–Crippen MR) is 82.4 cm³/mol. The summed E-state index contributed by atoms with van der Waals surface area (Å²) in [7, 11) is 0.147. The first-order valence-corrected chi connectivity index (χ1v) is 11.2. The molecular formula is C13H32Br2P2. The summed E-state index contributed by atoms with van der Waals surface area (Å²) in [5, 5.41) is 0. The van der Waals surface area contributed by atoms with E-state index in [1.54, 1.807) is 12.3 Å². The summed E-state index contributed by atoms with van der Waals surface area (Å²) in [6, 6.07) is 0. The van der Waals surface area contributed by atoms with Crippen LogP contribution in [0.3, 0.4) is 0 Å². The van der Waals surface area contributed by atoms with Crippen molar-refractivity contribution >= 4 is 15.8 Å². The van der Waals surface area contributed by atoms with Crippen molar-refractivity contribution in [1.82, 2.24) is 0 Å². The van der Waals surface area contributed by atoms with Gasteiger partial charge in [-0.3, -0.25) is 0 Å². The minimum absolute atomic E-state index is 0. The van der Waals surface area contributed by atoms with Crippen LogP contribution in [-0.2, 0) is 0 Å². The average Bonchev–Trinajstić information content (AvgIpc) is 2.29. The Morgan fingerprint density at radius 2 is 0.824 bits per heavy atom. The summed E-state index contributed by atoms with van der Waals surface area (Å²) >= 11 is 0. The van der Waals surface area contributed by atoms with Crippen molar-refractivity contribution in [3.63, 3.8) is 0 Å². The summed E-state index contributed by atoms with van der Waals surface area (Å²) in [5.41, 5.74) is 0. The first-order chi connectivity index (χ1) is 7.28. The van der Waals surface area contributed by atoms with Crippen molar-refractivity contribution in [2.45, 2.75) is 47.0 Å². The average molecular weight is 410 g/mol. The molecule has 0 aliphatic heterocycles. The van der Waals surface area contributed by atoms with Gasteiger partial charge >= 0.3 is 0 Å². The Hall–Kier alpha value is 1.82. The predicted octanol–water partition coefficient (Wildman–Crippen LogP) is -1.33. The van der Waals surface area contributed by atoms with Gasteiger partial charge in [0.2, 0.25) is 0 Å². The molecule has 0 fully saturated rings. The summed E-state index contributed by atoms with van der Waals surface area (Å²) in [6.07, 6.45) is 13.7. The highest BCUT2D eigenvalue weighted by molar-refractivity contribution is 7.57. The first kappa shape index (κ1) is 23.9. The number of unbranched alkanes of at least 4 members (excludes halogenated alkanes) is 2. The normalized spacial score (nSPS) is 10.2. The topological polar surface area (TPSA) is 0 Å². The van der Waals surface area contributed by atoms with Gasteiger partial charge in [0.05, 0.1) is 37.0 Å². The lowest BCUT2D eigenvalue weighted by Gasteiger charge is -2.07. The van der Waals surface area contributed by atoms with E-state index >= 15 is 0 Å². The lowest BCUT2D eigenvalue weighted by molar-refractivity contribution is -0.00100. The van der Waals surface area contributed by atoms with Crippen LogP contribution >= 0.6 is 15.8 Å². The molecule has 0 atom stereocenters. The van der Waals surface area contributed by atoms with Crippen molar-refractivity contribution in [1.29, 1.82) is 0 Å². The smallest absolute Gasteiger partial charge is 0.0571 e. The molecular weight excluding hydrogens is 378 g/mol. The van der Waals surface area contributed by atoms with Gasteiger partial charge in [0.25, 0.3) is 0 Å². The fraction of sp³-hybridized carbons (Fsp3) is 1.00. The number of hydrogen-bond acceptors (Lipinski definition) is 0. The lowest BCUT2D eigenvalue weighted by atomic mass is 10.3. The van der Waals surface area contributed by atoms with Gasteiger partial charge in [0, 0.05) is 15.8 Å². The van der Waals surface area contributed by atoms with Gasteiger partial charge in [-0.25, -0.2) is 0 Å². The maximum atomic E-state index is 2.38. The van der Waals surface area contributed by atoms with Crippen molar-refractivity contribution in [3.8, 4) is 0 Å². The highest BCUT2D eigenvalue weighted by atomic mass is 79.9. The Bertz CT molecular complexity index is 113. The molecule has 4 heteroatoms. The SMILES string of the molecule is CC[PH+](CC)CCCCC[PH+](CC)CC.[Br-].[Br-]. The molecule has 0 heterocycles. The maximum Gasteiger partial charge on any atom is 0.0571 e. The molecule has 0 unspecified atom stereocenters. The molecule has 0 aromatic rings. The van der Waals surface area contributed by atoms with E-state index < -0.39 is 0 Å². The monoisotopic (exact) mass is 408 g/mol. The molecule has 0 bridgehead atoms. The van der Waals surface area contributed by atoms with E-state index in [1.165, 1.54) is 43.9 Å². The number of rotatable bonds is 10. The molecule has 0 aromatic carbocycles. The second kappa shape index (κ2) is 17.8. The molecule has 0 rings (SSSR count). The fourth-order valence-electron chi connectivity index (χ4n) is 2.13. The third-order valence-corrected chi connectivity index (χ3v) is 9.68. The third-order valence-electron chi connectivity index (χ3n) is 3.56. The summed E-state index contributed by atoms with van der Waals surface area (Å²) < 4.78 is 0. The van der Waals surface area contributed by atoms with E-state index in [-0.39, 0.29) is 49.8 Å². The molecule has 0 radical (unpaired) electrons. The molecule has 0 nitrogen and oxygen atoms in total. The van der Waals surface area contributed by atoms with Crippen LogP contribution in [0.2, 0.25) is 0 Å². The second-order valence-corrected chi connectivity index (χ2v) is 11.3. The molecule has 0 aliphatic carbocycles. The Morgan fingerprint density at radius 1 is 0.529 bits per heavy atom. The molecule has 0 saturated heterocycles. The maximum absolute atomic E-state index is 2.38. The van der Waals surface area contributed by atoms with Gasteiger partial charge in [0.1, 0.15) is 0 Å². The van der Waals surface area contributed by atoms with E-state index in [0.717, 1.165) is 0 Å². The van der Waals surface area contributed by atoms with Gasteiger partial charge in [-0.05, 0) is 47.0 Å². The zero-order valence-electron chi connectivity index (χ0n) is 12.1. The Morgan fingerprint density at radius 3 is 1.06 bits per heavy atom. The van der Waals surface area contributed by atoms with Crippen LogP contribution in [0.5, 0.6) is 0 Å². The van der Waals surface area contributed by atoms with Gasteiger partial charge in [0.15, 0.2) is 0 Å². The van der Waals surface area contributed by atoms with Gasteiger partial charge in [-0.1, -0.05) is 0 Å². The van der Waals surface area contributed by atoms with Crippen LogP contribution in [0.25, 0.3) is 0 Å². The molecule has 0 amide bonds. The van der Waals surface area contributed by atoms with Gasteiger partial charge in [-0.2, -0.15) is 0 Å². The van der Waals surface area contributed by atoms with E-state index in [0.29, 0.717) is 0 Å². The fourth-order valence-corrected chi connectivity index (χ4v) is 6.05. The molecule has 108 valence electrons. The third kappa shape index (κ3) is 14.0. The van der Waals surface area contributed by atoms with Crippen LogP contribution in [0.15, 0.2) is 0 Å². The van der Waals surface area contributed by atoms with Crippen LogP contribution in [0, 0.1) is 0 Å². The minimum atomic E-state index is 0. The van der Waals surface area contributed by atoms with Gasteiger partial charge in [-0.15, -0.1) is 0 Å². The van der Waals surface area contributed by atoms with Crippen molar-refractivity contribution in [2.75, 3.05) is 37.0 Å². The highest BCUT2D eigenvalue weighted by Crippen LogP contribution is 2.37. The number of halogens is 2. The number of hydrogen-bond donors (Lipinski definition) is 0. The summed E-state index contributed by atoms with van der Waals surface area (Å²) in [5.74, 6) is 0. The zero-order chi connectivity index (χ0) is 11.5. The van der Waals surface area contributed by atoms with Crippen molar-refractivity contribution < 1.29 is 34.0 Å². The van der Waals surface area contributed by atoms with E-state index in [9.17, 15) is 0 Å². The summed E-state index contributed by atoms with van der Waals surface area (Å²) in [6.45, 7) is 9.53. The quantitative estimate of drug-likeness (QED) is 0.310. The van der Waals surface area contributed by atoms with Crippen LogP contribution in [0.1, 0.15) is 47.0 Å². The second-order valence-electron chi connectivity index (χ2n) is 4.47. The molecule has 0 saturated carbocycles. The standard InChI is InChI=1S/C13H30P2.2BrH/c1-5-14(6-2)12-10-9-11-13-15(7-3)8-4;;/h5-13H2,1-4H3;2*1H. The van der Waals surface area contributed by atoms with Crippen LogP contribution in [0.4, 0.5) is 0 Å². The largest absolute Gasteiger partial charge is 1.00 e. The first-order valence-electron chi connectivity index (χ1n) is 6.95. The van der Waals surface area contributed by atoms with E-state index in [4.69, 9.17) is 0 Å². The molecule has 0 aromatic heterocycles. The van der Waals surface area contributed by atoms with Crippen LogP contribution < -0.4 is 34.0 Å². The molecule has 0 N–H and O–H groups in total. The van der Waals surface area contributed by atoms with Crippen molar-refractivity contribution in [3.05, 3.63) is 0 Å². The van der Waals surface area contributed by atoms with Crippen molar-refractivity contribution in [2.24, 2.45) is 0 Å².